The summed E-state index contributed by atoms with van der Waals surface area (Å²) in [5, 5.41) is 0. The largest absolute Gasteiger partial charge is 0.383 e. The highest BCUT2D eigenvalue weighted by Gasteiger charge is 2.32. The molecule has 0 radical (unpaired) electrons. The van der Waals surface area contributed by atoms with Crippen LogP contribution in [0.4, 0.5) is 0 Å². The van der Waals surface area contributed by atoms with Crippen molar-refractivity contribution in [3.63, 3.8) is 0 Å². The van der Waals surface area contributed by atoms with Crippen molar-refractivity contribution in [3.05, 3.63) is 0 Å². The molecule has 1 heterocycles. The van der Waals surface area contributed by atoms with Gasteiger partial charge in [0.1, 0.15) is 0 Å². The summed E-state index contributed by atoms with van der Waals surface area (Å²) < 4.78 is 28.1. The lowest BCUT2D eigenvalue weighted by Gasteiger charge is -2.19. The van der Waals surface area contributed by atoms with Gasteiger partial charge < -0.3 is 4.74 Å². The second-order valence-electron chi connectivity index (χ2n) is 2.80. The number of hydrogen-bond acceptors (Lipinski definition) is 3. The topological polar surface area (TPSA) is 46.6 Å². The van der Waals surface area contributed by atoms with E-state index < -0.39 is 9.24 Å². The van der Waals surface area contributed by atoms with Crippen LogP contribution in [0.1, 0.15) is 12.8 Å². The monoisotopic (exact) mass is 213 g/mol. The second kappa shape index (κ2) is 3.91. The molecule has 0 spiro atoms. The number of methoxy groups -OCH3 is 1. The lowest BCUT2D eigenvalue weighted by Crippen LogP contribution is -2.35. The third-order valence-corrected chi connectivity index (χ3v) is 3.54. The van der Waals surface area contributed by atoms with Crippen LogP contribution in [0.2, 0.25) is 0 Å². The average molecular weight is 214 g/mol. The van der Waals surface area contributed by atoms with Gasteiger partial charge in [0.15, 0.2) is 0 Å². The van der Waals surface area contributed by atoms with Crippen molar-refractivity contribution in [2.24, 2.45) is 0 Å². The maximum atomic E-state index is 11.0. The van der Waals surface area contributed by atoms with Crippen LogP contribution >= 0.6 is 10.7 Å². The Labute approximate surface area is 77.0 Å². The van der Waals surface area contributed by atoms with Gasteiger partial charge in [-0.2, -0.15) is 12.7 Å². The first kappa shape index (κ1) is 10.2. The highest BCUT2D eigenvalue weighted by molar-refractivity contribution is 8.11. The van der Waals surface area contributed by atoms with Crippen molar-refractivity contribution in [3.8, 4) is 0 Å². The van der Waals surface area contributed by atoms with Crippen molar-refractivity contribution < 1.29 is 13.2 Å². The predicted octanol–water partition coefficient (Wildman–Crippen LogP) is 0.581. The minimum atomic E-state index is -3.55. The van der Waals surface area contributed by atoms with Crippen LogP contribution in [-0.4, -0.2) is 39.0 Å². The zero-order chi connectivity index (χ0) is 9.19. The molecule has 1 rings (SSSR count). The summed E-state index contributed by atoms with van der Waals surface area (Å²) in [6, 6.07) is -0.0718. The number of ether oxygens (including phenoxy) is 1. The summed E-state index contributed by atoms with van der Waals surface area (Å²) in [6.07, 6.45) is 1.69. The van der Waals surface area contributed by atoms with Crippen molar-refractivity contribution in [2.45, 2.75) is 18.9 Å². The molecule has 0 unspecified atom stereocenters. The number of rotatable bonds is 3. The Hall–Kier alpha value is 0.160. The van der Waals surface area contributed by atoms with E-state index in [0.29, 0.717) is 13.2 Å². The van der Waals surface area contributed by atoms with Gasteiger partial charge in [-0.3, -0.25) is 0 Å². The molecule has 72 valence electrons. The standard InChI is InChI=1S/C6H12ClNO3S/c1-11-5-6-3-2-4-8(6)12(7,9)10/h6H,2-5H2,1H3/t6-/m0/s1. The molecule has 4 nitrogen and oxygen atoms in total. The molecule has 0 aliphatic carbocycles. The number of halogens is 1. The minimum Gasteiger partial charge on any atom is -0.383 e. The first-order valence-electron chi connectivity index (χ1n) is 3.76. The molecular formula is C6H12ClNO3S. The fourth-order valence-corrected chi connectivity index (χ4v) is 2.87. The maximum Gasteiger partial charge on any atom is 0.300 e. The highest BCUT2D eigenvalue weighted by Crippen LogP contribution is 2.22. The van der Waals surface area contributed by atoms with Gasteiger partial charge in [0, 0.05) is 30.4 Å². The van der Waals surface area contributed by atoms with E-state index in [1.807, 2.05) is 0 Å². The lowest BCUT2D eigenvalue weighted by molar-refractivity contribution is 0.150. The normalized spacial score (nSPS) is 26.3. The third kappa shape index (κ3) is 2.32. The first-order valence-corrected chi connectivity index (χ1v) is 6.02. The maximum absolute atomic E-state index is 11.0. The van der Waals surface area contributed by atoms with Gasteiger partial charge in [0.25, 0.3) is 9.24 Å². The lowest BCUT2D eigenvalue weighted by atomic mass is 10.2. The van der Waals surface area contributed by atoms with Crippen LogP contribution in [0.25, 0.3) is 0 Å². The molecule has 6 heteroatoms. The molecular weight excluding hydrogens is 202 g/mol. The van der Waals surface area contributed by atoms with Crippen LogP contribution < -0.4 is 0 Å². The van der Waals surface area contributed by atoms with E-state index in [1.165, 1.54) is 4.31 Å². The minimum absolute atomic E-state index is 0.0718. The number of nitrogens with zero attached hydrogens (tertiary/aromatic N) is 1. The molecule has 0 aromatic carbocycles. The molecule has 0 aromatic rings. The molecule has 12 heavy (non-hydrogen) atoms. The van der Waals surface area contributed by atoms with Gasteiger partial charge >= 0.3 is 0 Å². The SMILES string of the molecule is COC[C@@H]1CCCN1S(=O)(=O)Cl. The summed E-state index contributed by atoms with van der Waals surface area (Å²) in [5.41, 5.74) is 0. The quantitative estimate of drug-likeness (QED) is 0.645. The van der Waals surface area contributed by atoms with Crippen molar-refractivity contribution in [1.29, 1.82) is 0 Å². The molecule has 0 amide bonds. The van der Waals surface area contributed by atoms with Crippen LogP contribution in [0.15, 0.2) is 0 Å². The summed E-state index contributed by atoms with van der Waals surface area (Å²) >= 11 is 0. The Bertz CT molecular complexity index is 241. The Morgan fingerprint density at radius 3 is 2.83 bits per heavy atom. The van der Waals surface area contributed by atoms with Gasteiger partial charge in [0.05, 0.1) is 6.61 Å². The van der Waals surface area contributed by atoms with E-state index >= 15 is 0 Å². The van der Waals surface area contributed by atoms with Crippen LogP contribution in [0.3, 0.4) is 0 Å². The molecule has 0 bridgehead atoms. The van der Waals surface area contributed by atoms with E-state index in [-0.39, 0.29) is 6.04 Å². The Morgan fingerprint density at radius 2 is 2.33 bits per heavy atom. The second-order valence-corrected chi connectivity index (χ2v) is 5.27. The Morgan fingerprint density at radius 1 is 1.67 bits per heavy atom. The predicted molar refractivity (Wildman–Crippen MR) is 46.4 cm³/mol. The van der Waals surface area contributed by atoms with Crippen LogP contribution in [0.5, 0.6) is 0 Å². The summed E-state index contributed by atoms with van der Waals surface area (Å²) in [6.45, 7) is 0.936. The summed E-state index contributed by atoms with van der Waals surface area (Å²) in [4.78, 5) is 0. The highest BCUT2D eigenvalue weighted by atomic mass is 35.7. The Balaban J connectivity index is 2.64. The van der Waals surface area contributed by atoms with Gasteiger partial charge in [0.2, 0.25) is 0 Å². The molecule has 0 aromatic heterocycles. The van der Waals surface area contributed by atoms with E-state index in [0.717, 1.165) is 12.8 Å². The number of hydrogen-bond donors (Lipinski definition) is 0. The molecule has 1 aliphatic heterocycles. The van der Waals surface area contributed by atoms with Gasteiger partial charge in [-0.1, -0.05) is 0 Å². The van der Waals surface area contributed by atoms with Crippen molar-refractivity contribution in [1.82, 2.24) is 4.31 Å². The summed E-state index contributed by atoms with van der Waals surface area (Å²) in [5.74, 6) is 0. The van der Waals surface area contributed by atoms with E-state index in [2.05, 4.69) is 0 Å². The average Bonchev–Trinajstić information content (AvgIpc) is 2.34. The van der Waals surface area contributed by atoms with Crippen molar-refractivity contribution in [2.75, 3.05) is 20.3 Å². The fraction of sp³-hybridized carbons (Fsp3) is 1.00. The van der Waals surface area contributed by atoms with Gasteiger partial charge in [-0.25, -0.2) is 0 Å². The summed E-state index contributed by atoms with van der Waals surface area (Å²) in [7, 11) is 3.22. The van der Waals surface area contributed by atoms with Crippen molar-refractivity contribution >= 4 is 19.9 Å². The molecule has 1 atom stereocenters. The molecule has 1 fully saturated rings. The molecule has 1 saturated heterocycles. The Kier molecular flexibility index (Phi) is 3.34. The first-order chi connectivity index (χ1) is 5.55. The molecule has 0 saturated carbocycles. The fourth-order valence-electron chi connectivity index (χ4n) is 1.46. The van der Waals surface area contributed by atoms with E-state index in [9.17, 15) is 8.42 Å². The zero-order valence-electron chi connectivity index (χ0n) is 6.86. The smallest absolute Gasteiger partial charge is 0.300 e. The van der Waals surface area contributed by atoms with Gasteiger partial charge in [-0.15, -0.1) is 0 Å². The van der Waals surface area contributed by atoms with Gasteiger partial charge in [-0.05, 0) is 12.8 Å². The van der Waals surface area contributed by atoms with Crippen LogP contribution in [0, 0.1) is 0 Å². The van der Waals surface area contributed by atoms with E-state index in [4.69, 9.17) is 15.4 Å². The zero-order valence-corrected chi connectivity index (χ0v) is 8.44. The van der Waals surface area contributed by atoms with Crippen LogP contribution in [-0.2, 0) is 14.0 Å². The van der Waals surface area contributed by atoms with E-state index in [1.54, 1.807) is 7.11 Å². The third-order valence-electron chi connectivity index (χ3n) is 1.96. The molecule has 1 aliphatic rings. The molecule has 0 N–H and O–H groups in total.